The second-order valence-corrected chi connectivity index (χ2v) is 18.0. The molecular formula is C56H46N3O2Pt-. The molecule has 3 heterocycles. The van der Waals surface area contributed by atoms with Gasteiger partial charge in [-0.2, -0.15) is 0 Å². The molecule has 0 saturated heterocycles. The molecule has 0 fully saturated rings. The summed E-state index contributed by atoms with van der Waals surface area (Å²) < 4.78 is 8.44. The summed E-state index contributed by atoms with van der Waals surface area (Å²) in [7, 11) is 0. The first kappa shape index (κ1) is 40.8. The van der Waals surface area contributed by atoms with Crippen molar-refractivity contribution < 1.29 is 30.6 Å². The first-order valence-corrected chi connectivity index (χ1v) is 20.9. The average Bonchev–Trinajstić information content (AvgIpc) is 3.83. The first-order valence-electron chi connectivity index (χ1n) is 20.9. The Hall–Kier alpha value is -6.55. The van der Waals surface area contributed by atoms with Crippen LogP contribution in [0.1, 0.15) is 52.7 Å². The van der Waals surface area contributed by atoms with E-state index in [4.69, 9.17) is 14.4 Å². The van der Waals surface area contributed by atoms with Gasteiger partial charge >= 0.3 is 0 Å². The van der Waals surface area contributed by atoms with Gasteiger partial charge in [0.15, 0.2) is 0 Å². The molecule has 5 nitrogen and oxygen atoms in total. The molecule has 10 aromatic rings. The Balaban J connectivity index is 0.00000490. The third kappa shape index (κ3) is 7.35. The van der Waals surface area contributed by atoms with Crippen molar-refractivity contribution in [2.24, 2.45) is 0 Å². The summed E-state index contributed by atoms with van der Waals surface area (Å²) in [4.78, 5) is 10.4. The van der Waals surface area contributed by atoms with E-state index in [1.54, 1.807) is 6.07 Å². The van der Waals surface area contributed by atoms with E-state index < -0.39 is 0 Å². The second kappa shape index (κ2) is 15.7. The fourth-order valence-corrected chi connectivity index (χ4v) is 8.40. The van der Waals surface area contributed by atoms with Gasteiger partial charge in [0, 0.05) is 55.4 Å². The summed E-state index contributed by atoms with van der Waals surface area (Å²) in [6, 6.07) is 58.2. The smallest absolute Gasteiger partial charge is 0.148 e. The fourth-order valence-electron chi connectivity index (χ4n) is 8.40. The van der Waals surface area contributed by atoms with Crippen LogP contribution in [-0.2, 0) is 31.9 Å². The summed E-state index contributed by atoms with van der Waals surface area (Å²) in [5.41, 5.74) is 14.8. The van der Waals surface area contributed by atoms with E-state index in [0.717, 1.165) is 77.7 Å². The zero-order valence-electron chi connectivity index (χ0n) is 35.6. The number of phenols is 1. The van der Waals surface area contributed by atoms with Crippen molar-refractivity contribution in [2.45, 2.75) is 52.4 Å². The number of hydrogen-bond acceptors (Lipinski definition) is 4. The van der Waals surface area contributed by atoms with E-state index in [1.807, 2.05) is 42.6 Å². The maximum absolute atomic E-state index is 12.0. The normalized spacial score (nSPS) is 12.0. The van der Waals surface area contributed by atoms with Gasteiger partial charge in [-0.25, -0.2) is 4.98 Å². The molecule has 62 heavy (non-hydrogen) atoms. The van der Waals surface area contributed by atoms with Gasteiger partial charge in [0.1, 0.15) is 22.7 Å². The summed E-state index contributed by atoms with van der Waals surface area (Å²) in [6.45, 7) is 13.4. The number of pyridine rings is 1. The minimum atomic E-state index is -0.165. The van der Waals surface area contributed by atoms with Crippen LogP contribution in [0.15, 0.2) is 168 Å². The minimum absolute atomic E-state index is 0. The van der Waals surface area contributed by atoms with Gasteiger partial charge < -0.3 is 9.52 Å². The number of para-hydroxylation sites is 2. The number of rotatable bonds is 6. The van der Waals surface area contributed by atoms with Crippen molar-refractivity contribution >= 4 is 33.0 Å². The Labute approximate surface area is 377 Å². The molecule has 0 radical (unpaired) electrons. The molecule has 0 amide bonds. The Bertz CT molecular complexity index is 3280. The van der Waals surface area contributed by atoms with Gasteiger partial charge in [0.25, 0.3) is 0 Å². The number of phenolic OH excluding ortho intramolecular Hbond substituents is 1. The quantitative estimate of drug-likeness (QED) is 0.169. The number of benzene rings is 7. The molecule has 308 valence electrons. The second-order valence-electron chi connectivity index (χ2n) is 18.0. The first-order chi connectivity index (χ1) is 29.4. The van der Waals surface area contributed by atoms with Crippen molar-refractivity contribution in [3.63, 3.8) is 0 Å². The SMILES string of the molecule is CC(C)(C)c1cc(-c2cc(-c3ccccc3)ccn2)[c-]c(-c2cccc3c2nc(-c2cc4c(cc2O)oc2ccccc24)n3-c2ccc(C(C)(C)C)cc2-c2ccccc2)c1.[Pt]. The third-order valence-electron chi connectivity index (χ3n) is 11.8. The molecule has 0 spiro atoms. The van der Waals surface area contributed by atoms with E-state index in [2.05, 4.69) is 167 Å². The molecule has 3 aromatic heterocycles. The summed E-state index contributed by atoms with van der Waals surface area (Å²) in [5.74, 6) is 0.711. The minimum Gasteiger partial charge on any atom is -0.507 e. The van der Waals surface area contributed by atoms with Crippen LogP contribution in [0.2, 0.25) is 0 Å². The van der Waals surface area contributed by atoms with Crippen LogP contribution in [-0.4, -0.2) is 19.6 Å². The van der Waals surface area contributed by atoms with Gasteiger partial charge in [-0.3, -0.25) is 9.55 Å². The summed E-state index contributed by atoms with van der Waals surface area (Å²) in [6.07, 6.45) is 1.88. The molecule has 0 unspecified atom stereocenters. The number of hydrogen-bond donors (Lipinski definition) is 1. The number of furan rings is 1. The predicted molar refractivity (Wildman–Crippen MR) is 251 cm³/mol. The van der Waals surface area contributed by atoms with Gasteiger partial charge in [0.2, 0.25) is 0 Å². The summed E-state index contributed by atoms with van der Waals surface area (Å²) >= 11 is 0. The number of imidazole rings is 1. The molecule has 0 aliphatic carbocycles. The van der Waals surface area contributed by atoms with Crippen LogP contribution in [0.5, 0.6) is 5.75 Å². The van der Waals surface area contributed by atoms with Crippen molar-refractivity contribution in [1.29, 1.82) is 0 Å². The number of nitrogens with zero attached hydrogens (tertiary/aromatic N) is 3. The van der Waals surface area contributed by atoms with E-state index in [0.29, 0.717) is 17.0 Å². The third-order valence-corrected chi connectivity index (χ3v) is 11.8. The molecule has 0 bridgehead atoms. The van der Waals surface area contributed by atoms with E-state index >= 15 is 0 Å². The number of aromatic nitrogens is 3. The Morgan fingerprint density at radius 2 is 1.24 bits per heavy atom. The van der Waals surface area contributed by atoms with Crippen molar-refractivity contribution in [3.05, 3.63) is 181 Å². The van der Waals surface area contributed by atoms with Crippen molar-refractivity contribution in [2.75, 3.05) is 0 Å². The summed E-state index contributed by atoms with van der Waals surface area (Å²) in [5, 5.41) is 13.9. The molecular weight excluding hydrogens is 942 g/mol. The van der Waals surface area contributed by atoms with Crippen LogP contribution in [0, 0.1) is 6.07 Å². The topological polar surface area (TPSA) is 64.1 Å². The van der Waals surface area contributed by atoms with Crippen LogP contribution in [0.4, 0.5) is 0 Å². The van der Waals surface area contributed by atoms with Gasteiger partial charge in [-0.15, -0.1) is 29.3 Å². The van der Waals surface area contributed by atoms with Gasteiger partial charge in [0.05, 0.1) is 22.3 Å². The van der Waals surface area contributed by atoms with Crippen molar-refractivity contribution in [3.8, 4) is 67.5 Å². The Morgan fingerprint density at radius 3 is 1.98 bits per heavy atom. The molecule has 0 atom stereocenters. The fraction of sp³-hybridized carbons (Fsp3) is 0.143. The molecule has 1 N–H and O–H groups in total. The molecule has 0 aliphatic heterocycles. The van der Waals surface area contributed by atoms with E-state index in [9.17, 15) is 5.11 Å². The van der Waals surface area contributed by atoms with E-state index in [1.165, 1.54) is 11.1 Å². The molecule has 10 rings (SSSR count). The Kier molecular flexibility index (Phi) is 10.4. The molecule has 0 aliphatic rings. The zero-order chi connectivity index (χ0) is 42.0. The van der Waals surface area contributed by atoms with Gasteiger partial charge in [-0.05, 0) is 69.5 Å². The predicted octanol–water partition coefficient (Wildman–Crippen LogP) is 14.8. The zero-order valence-corrected chi connectivity index (χ0v) is 37.9. The monoisotopic (exact) mass is 987 g/mol. The maximum Gasteiger partial charge on any atom is 0.148 e. The number of fused-ring (bicyclic) bond motifs is 4. The van der Waals surface area contributed by atoms with E-state index in [-0.39, 0.29) is 37.6 Å². The van der Waals surface area contributed by atoms with Crippen LogP contribution < -0.4 is 0 Å². The molecule has 0 saturated carbocycles. The largest absolute Gasteiger partial charge is 0.507 e. The van der Waals surface area contributed by atoms with Crippen LogP contribution in [0.3, 0.4) is 0 Å². The van der Waals surface area contributed by atoms with Crippen LogP contribution >= 0.6 is 0 Å². The molecule has 7 aromatic carbocycles. The number of aromatic hydroxyl groups is 1. The standard InChI is InChI=1S/C56H46N3O2.Pt/c1-55(2,3)40-24-25-48(44(32-40)36-18-11-8-12-19-36)59-49-22-15-21-42(53(49)58-54(59)46-33-45-43-20-13-14-23-51(43)61-52(45)34-50(46)60)38-28-39(30-41(29-38)56(4,5)6)47-31-37(26-27-57-47)35-16-9-7-10-17-35;/h7-27,29-34,60H,1-6H3;/q-1;. The van der Waals surface area contributed by atoms with Crippen LogP contribution in [0.25, 0.3) is 94.7 Å². The molecule has 6 heteroatoms. The van der Waals surface area contributed by atoms with Crippen molar-refractivity contribution in [1.82, 2.24) is 14.5 Å². The Morgan fingerprint density at radius 1 is 0.548 bits per heavy atom. The average molecular weight is 988 g/mol. The maximum atomic E-state index is 12.0. The van der Waals surface area contributed by atoms with Gasteiger partial charge in [-0.1, -0.05) is 156 Å².